The van der Waals surface area contributed by atoms with Crippen LogP contribution in [0.4, 0.5) is 0 Å². The van der Waals surface area contributed by atoms with Gasteiger partial charge in [0.1, 0.15) is 17.0 Å². The Morgan fingerprint density at radius 2 is 1.95 bits per heavy atom. The van der Waals surface area contributed by atoms with Crippen LogP contribution in [-0.4, -0.2) is 21.8 Å². The number of hydrogen-bond acceptors (Lipinski definition) is 3. The van der Waals surface area contributed by atoms with E-state index in [4.69, 9.17) is 4.74 Å². The summed E-state index contributed by atoms with van der Waals surface area (Å²) in [4.78, 5) is 14.8. The lowest BCUT2D eigenvalue weighted by Gasteiger charge is -2.08. The Kier molecular flexibility index (Phi) is 2.52. The summed E-state index contributed by atoms with van der Waals surface area (Å²) in [6.45, 7) is 0. The molecule has 2 N–H and O–H groups in total. The number of rotatable bonds is 2. The Hall–Kier alpha value is -2.69. The first-order valence-electron chi connectivity index (χ1n) is 5.78. The van der Waals surface area contributed by atoms with Gasteiger partial charge < -0.3 is 14.8 Å². The lowest BCUT2D eigenvalue weighted by molar-refractivity contribution is 0.418. The number of aromatic nitrogens is 2. The number of phenols is 1. The largest absolute Gasteiger partial charge is 0.506 e. The number of H-pyrrole nitrogens is 1. The summed E-state index contributed by atoms with van der Waals surface area (Å²) in [5, 5.41) is 9.92. The van der Waals surface area contributed by atoms with E-state index >= 15 is 0 Å². The van der Waals surface area contributed by atoms with Crippen molar-refractivity contribution in [1.82, 2.24) is 9.55 Å². The zero-order chi connectivity index (χ0) is 13.4. The van der Waals surface area contributed by atoms with Gasteiger partial charge in [-0.15, -0.1) is 0 Å². The van der Waals surface area contributed by atoms with Gasteiger partial charge >= 0.3 is 5.69 Å². The Balaban J connectivity index is 2.45. The number of nitrogens with zero attached hydrogens (tertiary/aromatic N) is 1. The van der Waals surface area contributed by atoms with E-state index < -0.39 is 0 Å². The Labute approximate surface area is 108 Å². The fourth-order valence-electron chi connectivity index (χ4n) is 2.17. The number of para-hydroxylation sites is 3. The number of methoxy groups -OCH3 is 1. The van der Waals surface area contributed by atoms with E-state index in [1.54, 1.807) is 43.5 Å². The van der Waals surface area contributed by atoms with Gasteiger partial charge in [0.15, 0.2) is 0 Å². The van der Waals surface area contributed by atoms with Crippen molar-refractivity contribution in [3.63, 3.8) is 0 Å². The van der Waals surface area contributed by atoms with Crippen molar-refractivity contribution < 1.29 is 9.84 Å². The summed E-state index contributed by atoms with van der Waals surface area (Å²) in [6, 6.07) is 12.0. The topological polar surface area (TPSA) is 67.2 Å². The monoisotopic (exact) mass is 256 g/mol. The third-order valence-electron chi connectivity index (χ3n) is 3.01. The molecule has 0 aliphatic carbocycles. The molecule has 0 radical (unpaired) electrons. The number of benzene rings is 2. The van der Waals surface area contributed by atoms with Crippen LogP contribution in [0.25, 0.3) is 16.7 Å². The average molecular weight is 256 g/mol. The van der Waals surface area contributed by atoms with Crippen LogP contribution < -0.4 is 10.4 Å². The summed E-state index contributed by atoms with van der Waals surface area (Å²) in [5.41, 5.74) is 1.37. The molecule has 0 atom stereocenters. The Morgan fingerprint density at radius 1 is 1.16 bits per heavy atom. The molecule has 3 rings (SSSR count). The van der Waals surface area contributed by atoms with E-state index in [-0.39, 0.29) is 11.4 Å². The van der Waals surface area contributed by atoms with Crippen molar-refractivity contribution >= 4 is 11.0 Å². The summed E-state index contributed by atoms with van der Waals surface area (Å²) >= 11 is 0. The van der Waals surface area contributed by atoms with Crippen LogP contribution in [0.5, 0.6) is 11.5 Å². The summed E-state index contributed by atoms with van der Waals surface area (Å²) in [6.07, 6.45) is 0. The molecule has 2 aromatic carbocycles. The van der Waals surface area contributed by atoms with Crippen molar-refractivity contribution in [2.45, 2.75) is 0 Å². The second-order valence-corrected chi connectivity index (χ2v) is 4.11. The fourth-order valence-corrected chi connectivity index (χ4v) is 2.17. The van der Waals surface area contributed by atoms with Crippen molar-refractivity contribution in [3.8, 4) is 17.2 Å². The van der Waals surface area contributed by atoms with Crippen LogP contribution in [-0.2, 0) is 0 Å². The van der Waals surface area contributed by atoms with Gasteiger partial charge in [0.05, 0.1) is 18.3 Å². The third kappa shape index (κ3) is 1.67. The molecule has 0 unspecified atom stereocenters. The maximum Gasteiger partial charge on any atom is 0.331 e. The molecule has 0 saturated heterocycles. The number of nitrogens with one attached hydrogen (secondary N) is 1. The number of aromatic amines is 1. The molecular formula is C14H12N2O3. The number of ether oxygens (including phenoxy) is 1. The van der Waals surface area contributed by atoms with Crippen molar-refractivity contribution in [2.24, 2.45) is 0 Å². The minimum Gasteiger partial charge on any atom is -0.506 e. The van der Waals surface area contributed by atoms with E-state index in [2.05, 4.69) is 4.98 Å². The summed E-state index contributed by atoms with van der Waals surface area (Å²) in [5.74, 6) is 0.607. The zero-order valence-electron chi connectivity index (χ0n) is 10.3. The second-order valence-electron chi connectivity index (χ2n) is 4.11. The molecule has 1 heterocycles. The first kappa shape index (κ1) is 11.4. The van der Waals surface area contributed by atoms with Gasteiger partial charge in [0, 0.05) is 0 Å². The highest BCUT2D eigenvalue weighted by Crippen LogP contribution is 2.28. The van der Waals surface area contributed by atoms with E-state index in [1.807, 2.05) is 0 Å². The predicted molar refractivity (Wildman–Crippen MR) is 72.1 cm³/mol. The number of fused-ring (bicyclic) bond motifs is 1. The Morgan fingerprint density at radius 3 is 2.68 bits per heavy atom. The van der Waals surface area contributed by atoms with Crippen LogP contribution in [0.3, 0.4) is 0 Å². The molecule has 0 saturated carbocycles. The zero-order valence-corrected chi connectivity index (χ0v) is 10.3. The van der Waals surface area contributed by atoms with E-state index in [1.165, 1.54) is 10.6 Å². The van der Waals surface area contributed by atoms with Gasteiger partial charge in [-0.25, -0.2) is 4.79 Å². The molecule has 0 fully saturated rings. The normalized spacial score (nSPS) is 10.8. The highest BCUT2D eigenvalue weighted by molar-refractivity contribution is 5.84. The van der Waals surface area contributed by atoms with Crippen molar-refractivity contribution in [1.29, 1.82) is 0 Å². The minimum absolute atomic E-state index is 0.0383. The summed E-state index contributed by atoms with van der Waals surface area (Å²) < 4.78 is 6.69. The quantitative estimate of drug-likeness (QED) is 0.737. The van der Waals surface area contributed by atoms with E-state index in [0.717, 1.165) is 0 Å². The molecule has 3 aromatic rings. The van der Waals surface area contributed by atoms with Gasteiger partial charge in [-0.1, -0.05) is 18.2 Å². The smallest absolute Gasteiger partial charge is 0.331 e. The van der Waals surface area contributed by atoms with Crippen LogP contribution >= 0.6 is 0 Å². The first-order valence-corrected chi connectivity index (χ1v) is 5.78. The van der Waals surface area contributed by atoms with Crippen LogP contribution in [0.2, 0.25) is 0 Å². The Bertz CT molecular complexity index is 802. The van der Waals surface area contributed by atoms with Gasteiger partial charge in [-0.2, -0.15) is 0 Å². The lowest BCUT2D eigenvalue weighted by atomic mass is 10.2. The lowest BCUT2D eigenvalue weighted by Crippen LogP contribution is -2.14. The molecule has 0 spiro atoms. The number of imidazole rings is 1. The van der Waals surface area contributed by atoms with Crippen LogP contribution in [0.15, 0.2) is 47.3 Å². The van der Waals surface area contributed by atoms with Crippen LogP contribution in [0, 0.1) is 0 Å². The van der Waals surface area contributed by atoms with Gasteiger partial charge in [0.25, 0.3) is 0 Å². The predicted octanol–water partition coefficient (Wildman–Crippen LogP) is 2.03. The van der Waals surface area contributed by atoms with Gasteiger partial charge in [0.2, 0.25) is 0 Å². The maximum atomic E-state index is 12.1. The fraction of sp³-hybridized carbons (Fsp3) is 0.0714. The molecule has 1 aromatic heterocycles. The molecular weight excluding hydrogens is 244 g/mol. The minimum atomic E-state index is -0.319. The van der Waals surface area contributed by atoms with E-state index in [9.17, 15) is 9.90 Å². The highest BCUT2D eigenvalue weighted by Gasteiger charge is 2.14. The molecule has 0 aliphatic heterocycles. The van der Waals surface area contributed by atoms with Crippen molar-refractivity contribution in [2.75, 3.05) is 7.11 Å². The molecule has 0 aliphatic rings. The molecule has 96 valence electrons. The van der Waals surface area contributed by atoms with Crippen molar-refractivity contribution in [3.05, 3.63) is 52.9 Å². The van der Waals surface area contributed by atoms with Gasteiger partial charge in [-0.3, -0.25) is 4.57 Å². The second kappa shape index (κ2) is 4.20. The molecule has 0 bridgehead atoms. The standard InChI is InChI=1S/C14H12N2O3/c1-19-12-8-4-5-9-13(12)16(14(18)15-9)10-6-2-3-7-11(10)17/h2-8,17H,1H3,(H,15,18). The number of phenolic OH excluding ortho intramolecular Hbond substituents is 1. The average Bonchev–Trinajstić information content (AvgIpc) is 2.75. The molecule has 5 nitrogen and oxygen atoms in total. The third-order valence-corrected chi connectivity index (χ3v) is 3.01. The van der Waals surface area contributed by atoms with Crippen LogP contribution in [0.1, 0.15) is 0 Å². The molecule has 19 heavy (non-hydrogen) atoms. The number of hydrogen-bond donors (Lipinski definition) is 2. The number of aromatic hydroxyl groups is 1. The molecule has 5 heteroatoms. The summed E-state index contributed by atoms with van der Waals surface area (Å²) in [7, 11) is 1.54. The first-order chi connectivity index (χ1) is 9.22. The van der Waals surface area contributed by atoms with Gasteiger partial charge in [-0.05, 0) is 24.3 Å². The van der Waals surface area contributed by atoms with E-state index in [0.29, 0.717) is 22.5 Å². The molecule has 0 amide bonds. The maximum absolute atomic E-state index is 12.1. The highest BCUT2D eigenvalue weighted by atomic mass is 16.5. The SMILES string of the molecule is COc1cccc2[nH]c(=O)n(-c3ccccc3O)c12.